The molecule has 1 aliphatic heterocycles. The molecule has 0 bridgehead atoms. The normalized spacial score (nSPS) is 14.8. The maximum atomic E-state index is 11.8. The van der Waals surface area contributed by atoms with Crippen LogP contribution < -0.4 is 5.32 Å². The molecule has 0 aromatic carbocycles. The van der Waals surface area contributed by atoms with Gasteiger partial charge >= 0.3 is 0 Å². The monoisotopic (exact) mass is 261 g/mol. The van der Waals surface area contributed by atoms with E-state index >= 15 is 0 Å². The Morgan fingerprint density at radius 2 is 2.32 bits per heavy atom. The SMILES string of the molecule is Cc1cccc(C(=O)NCCCN2CCCC2=O)n1. The Kier molecular flexibility index (Phi) is 4.49. The van der Waals surface area contributed by atoms with Crippen molar-refractivity contribution in [3.63, 3.8) is 0 Å². The molecule has 2 amide bonds. The Hall–Kier alpha value is -1.91. The molecule has 0 unspecified atom stereocenters. The Morgan fingerprint density at radius 1 is 1.47 bits per heavy atom. The van der Waals surface area contributed by atoms with Gasteiger partial charge in [-0.1, -0.05) is 6.07 Å². The molecule has 0 aliphatic carbocycles. The van der Waals surface area contributed by atoms with Gasteiger partial charge in [0, 0.05) is 31.7 Å². The molecular formula is C14H19N3O2. The summed E-state index contributed by atoms with van der Waals surface area (Å²) in [4.78, 5) is 29.2. The molecule has 0 atom stereocenters. The Bertz CT molecular complexity index is 474. The molecule has 0 radical (unpaired) electrons. The van der Waals surface area contributed by atoms with Crippen molar-refractivity contribution in [2.45, 2.75) is 26.2 Å². The van der Waals surface area contributed by atoms with Crippen LogP contribution in [0.25, 0.3) is 0 Å². The number of likely N-dealkylation sites (tertiary alicyclic amines) is 1. The highest BCUT2D eigenvalue weighted by atomic mass is 16.2. The third kappa shape index (κ3) is 3.77. The van der Waals surface area contributed by atoms with Crippen LogP contribution in [0, 0.1) is 6.92 Å². The Morgan fingerprint density at radius 3 is 3.00 bits per heavy atom. The first-order chi connectivity index (χ1) is 9.16. The van der Waals surface area contributed by atoms with E-state index in [1.54, 1.807) is 6.07 Å². The maximum absolute atomic E-state index is 11.8. The van der Waals surface area contributed by atoms with E-state index in [1.807, 2.05) is 24.0 Å². The summed E-state index contributed by atoms with van der Waals surface area (Å²) >= 11 is 0. The minimum atomic E-state index is -0.156. The summed E-state index contributed by atoms with van der Waals surface area (Å²) in [6.07, 6.45) is 2.40. The van der Waals surface area contributed by atoms with Crippen molar-refractivity contribution in [2.24, 2.45) is 0 Å². The summed E-state index contributed by atoms with van der Waals surface area (Å²) in [5.41, 5.74) is 1.27. The molecule has 102 valence electrons. The first-order valence-corrected chi connectivity index (χ1v) is 6.66. The minimum Gasteiger partial charge on any atom is -0.351 e. The first-order valence-electron chi connectivity index (χ1n) is 6.66. The van der Waals surface area contributed by atoms with E-state index in [-0.39, 0.29) is 11.8 Å². The highest BCUT2D eigenvalue weighted by molar-refractivity contribution is 5.92. The van der Waals surface area contributed by atoms with Gasteiger partial charge in [-0.05, 0) is 31.9 Å². The third-order valence-electron chi connectivity index (χ3n) is 3.18. The van der Waals surface area contributed by atoms with Crippen LogP contribution in [-0.4, -0.2) is 41.3 Å². The van der Waals surface area contributed by atoms with Gasteiger partial charge in [0.2, 0.25) is 5.91 Å². The number of carbonyl (C=O) groups excluding carboxylic acids is 2. The molecule has 2 heterocycles. The highest BCUT2D eigenvalue weighted by Gasteiger charge is 2.19. The van der Waals surface area contributed by atoms with Crippen LogP contribution in [0.15, 0.2) is 18.2 Å². The third-order valence-corrected chi connectivity index (χ3v) is 3.18. The van der Waals surface area contributed by atoms with Crippen molar-refractivity contribution in [1.82, 2.24) is 15.2 Å². The molecule has 1 fully saturated rings. The molecule has 5 nitrogen and oxygen atoms in total. The number of rotatable bonds is 5. The van der Waals surface area contributed by atoms with E-state index in [0.29, 0.717) is 18.7 Å². The van der Waals surface area contributed by atoms with Gasteiger partial charge in [-0.15, -0.1) is 0 Å². The van der Waals surface area contributed by atoms with Crippen LogP contribution in [0.2, 0.25) is 0 Å². The van der Waals surface area contributed by atoms with Gasteiger partial charge in [0.05, 0.1) is 0 Å². The molecule has 19 heavy (non-hydrogen) atoms. The summed E-state index contributed by atoms with van der Waals surface area (Å²) < 4.78 is 0. The molecule has 1 aliphatic rings. The average Bonchev–Trinajstić information content (AvgIpc) is 2.80. The van der Waals surface area contributed by atoms with Gasteiger partial charge < -0.3 is 10.2 Å². The van der Waals surface area contributed by atoms with Gasteiger partial charge in [0.1, 0.15) is 5.69 Å². The molecule has 2 rings (SSSR count). The largest absolute Gasteiger partial charge is 0.351 e. The topological polar surface area (TPSA) is 62.3 Å². The van der Waals surface area contributed by atoms with Gasteiger partial charge in [-0.25, -0.2) is 4.98 Å². The molecule has 0 spiro atoms. The number of amides is 2. The van der Waals surface area contributed by atoms with Crippen LogP contribution in [0.4, 0.5) is 0 Å². The van der Waals surface area contributed by atoms with Gasteiger partial charge in [-0.3, -0.25) is 9.59 Å². The number of aromatic nitrogens is 1. The van der Waals surface area contributed by atoms with E-state index in [9.17, 15) is 9.59 Å². The number of hydrogen-bond donors (Lipinski definition) is 1. The number of hydrogen-bond acceptors (Lipinski definition) is 3. The fraction of sp³-hybridized carbons (Fsp3) is 0.500. The van der Waals surface area contributed by atoms with Crippen LogP contribution >= 0.6 is 0 Å². The predicted molar refractivity (Wildman–Crippen MR) is 71.7 cm³/mol. The first kappa shape index (κ1) is 13.5. The van der Waals surface area contributed by atoms with Crippen molar-refractivity contribution in [1.29, 1.82) is 0 Å². The molecule has 1 saturated heterocycles. The van der Waals surface area contributed by atoms with Crippen molar-refractivity contribution < 1.29 is 9.59 Å². The maximum Gasteiger partial charge on any atom is 0.269 e. The zero-order chi connectivity index (χ0) is 13.7. The molecule has 1 aromatic heterocycles. The van der Waals surface area contributed by atoms with Gasteiger partial charge in [0.15, 0.2) is 0 Å². The summed E-state index contributed by atoms with van der Waals surface area (Å²) in [5.74, 6) is 0.0723. The standard InChI is InChI=1S/C14H19N3O2/c1-11-5-2-6-12(16-11)14(19)15-8-4-10-17-9-3-7-13(17)18/h2,5-6H,3-4,7-10H2,1H3,(H,15,19). The number of aryl methyl sites for hydroxylation is 1. The lowest BCUT2D eigenvalue weighted by Crippen LogP contribution is -2.31. The van der Waals surface area contributed by atoms with Crippen molar-refractivity contribution >= 4 is 11.8 Å². The number of carbonyl (C=O) groups is 2. The Labute approximate surface area is 113 Å². The second kappa shape index (κ2) is 6.31. The van der Waals surface area contributed by atoms with E-state index in [4.69, 9.17) is 0 Å². The lowest BCUT2D eigenvalue weighted by molar-refractivity contribution is -0.127. The molecule has 0 saturated carbocycles. The van der Waals surface area contributed by atoms with Crippen molar-refractivity contribution in [3.8, 4) is 0 Å². The Balaban J connectivity index is 1.71. The average molecular weight is 261 g/mol. The lowest BCUT2D eigenvalue weighted by atomic mass is 10.3. The fourth-order valence-corrected chi connectivity index (χ4v) is 2.17. The number of nitrogens with zero attached hydrogens (tertiary/aromatic N) is 2. The van der Waals surface area contributed by atoms with Gasteiger partial charge in [-0.2, -0.15) is 0 Å². The van der Waals surface area contributed by atoms with Crippen LogP contribution in [0.3, 0.4) is 0 Å². The van der Waals surface area contributed by atoms with E-state index in [2.05, 4.69) is 10.3 Å². The van der Waals surface area contributed by atoms with Crippen molar-refractivity contribution in [3.05, 3.63) is 29.6 Å². The second-order valence-corrected chi connectivity index (χ2v) is 4.76. The zero-order valence-electron chi connectivity index (χ0n) is 11.2. The van der Waals surface area contributed by atoms with Crippen LogP contribution in [0.5, 0.6) is 0 Å². The summed E-state index contributed by atoms with van der Waals surface area (Å²) in [6, 6.07) is 5.38. The minimum absolute atomic E-state index is 0.156. The summed E-state index contributed by atoms with van der Waals surface area (Å²) in [5, 5.41) is 2.83. The summed E-state index contributed by atoms with van der Waals surface area (Å²) in [6.45, 7) is 4.00. The molecule has 5 heteroatoms. The van der Waals surface area contributed by atoms with E-state index in [0.717, 1.165) is 31.6 Å². The number of nitrogens with one attached hydrogen (secondary N) is 1. The molecular weight excluding hydrogens is 242 g/mol. The van der Waals surface area contributed by atoms with E-state index in [1.165, 1.54) is 0 Å². The van der Waals surface area contributed by atoms with Gasteiger partial charge in [0.25, 0.3) is 5.91 Å². The fourth-order valence-electron chi connectivity index (χ4n) is 2.17. The smallest absolute Gasteiger partial charge is 0.269 e. The summed E-state index contributed by atoms with van der Waals surface area (Å²) in [7, 11) is 0. The second-order valence-electron chi connectivity index (χ2n) is 4.76. The lowest BCUT2D eigenvalue weighted by Gasteiger charge is -2.15. The predicted octanol–water partition coefficient (Wildman–Crippen LogP) is 1.13. The van der Waals surface area contributed by atoms with Crippen molar-refractivity contribution in [2.75, 3.05) is 19.6 Å². The van der Waals surface area contributed by atoms with E-state index < -0.39 is 0 Å². The molecule has 1 N–H and O–H groups in total. The zero-order valence-corrected chi connectivity index (χ0v) is 11.2. The highest BCUT2D eigenvalue weighted by Crippen LogP contribution is 2.09. The molecule has 1 aromatic rings. The van der Waals surface area contributed by atoms with Crippen LogP contribution in [-0.2, 0) is 4.79 Å². The number of pyridine rings is 1. The quantitative estimate of drug-likeness (QED) is 0.808. The van der Waals surface area contributed by atoms with Crippen LogP contribution in [0.1, 0.15) is 35.4 Å².